The summed E-state index contributed by atoms with van der Waals surface area (Å²) in [7, 11) is 0. The van der Waals surface area contributed by atoms with Gasteiger partial charge in [-0.25, -0.2) is 4.39 Å². The van der Waals surface area contributed by atoms with Gasteiger partial charge in [-0.3, -0.25) is 4.79 Å². The molecule has 2 aromatic carbocycles. The molecule has 0 amide bonds. The second kappa shape index (κ2) is 6.39. The summed E-state index contributed by atoms with van der Waals surface area (Å²) in [6, 6.07) is 12.3. The van der Waals surface area contributed by atoms with Gasteiger partial charge in [0.05, 0.1) is 0 Å². The van der Waals surface area contributed by atoms with Gasteiger partial charge in [0, 0.05) is 12.2 Å². The number of hydrogen-bond donors (Lipinski definition) is 1. The predicted molar refractivity (Wildman–Crippen MR) is 81.0 cm³/mol. The zero-order chi connectivity index (χ0) is 15.4. The summed E-state index contributed by atoms with van der Waals surface area (Å²) in [4.78, 5) is 12.8. The van der Waals surface area contributed by atoms with E-state index in [-0.39, 0.29) is 12.4 Å². The summed E-state index contributed by atoms with van der Waals surface area (Å²) in [6.07, 6.45) is 0. The quantitative estimate of drug-likeness (QED) is 0.914. The highest BCUT2D eigenvalue weighted by Crippen LogP contribution is 2.20. The molecule has 0 atom stereocenters. The Hall–Kier alpha value is -2.36. The fourth-order valence-corrected chi connectivity index (χ4v) is 2.20. The molecule has 4 heteroatoms. The molecule has 0 radical (unpaired) electrons. The van der Waals surface area contributed by atoms with Crippen LogP contribution in [0.2, 0.25) is 0 Å². The van der Waals surface area contributed by atoms with Crippen LogP contribution >= 0.6 is 0 Å². The first-order valence-corrected chi connectivity index (χ1v) is 6.74. The van der Waals surface area contributed by atoms with Gasteiger partial charge in [0.15, 0.2) is 0 Å². The van der Waals surface area contributed by atoms with E-state index in [9.17, 15) is 9.18 Å². The number of hydrogen-bond acceptors (Lipinski definition) is 2. The van der Waals surface area contributed by atoms with Crippen molar-refractivity contribution in [3.05, 3.63) is 65.0 Å². The van der Waals surface area contributed by atoms with Crippen molar-refractivity contribution < 1.29 is 14.3 Å². The molecule has 2 aromatic rings. The minimum Gasteiger partial charge on any atom is -0.480 e. The molecular formula is C17H18FNO2. The molecule has 0 bridgehead atoms. The van der Waals surface area contributed by atoms with Crippen molar-refractivity contribution in [1.82, 2.24) is 0 Å². The lowest BCUT2D eigenvalue weighted by molar-refractivity contribution is -0.135. The predicted octanol–water partition coefficient (Wildman–Crippen LogP) is 3.53. The second-order valence-corrected chi connectivity index (χ2v) is 5.16. The number of aryl methyl sites for hydroxylation is 2. The minimum absolute atomic E-state index is 0.0973. The first-order valence-electron chi connectivity index (χ1n) is 6.74. The van der Waals surface area contributed by atoms with Crippen LogP contribution in [0.3, 0.4) is 0 Å². The Morgan fingerprint density at radius 3 is 2.38 bits per heavy atom. The molecule has 0 unspecified atom stereocenters. The fourth-order valence-electron chi connectivity index (χ4n) is 2.20. The van der Waals surface area contributed by atoms with Crippen LogP contribution in [-0.2, 0) is 11.3 Å². The van der Waals surface area contributed by atoms with Crippen molar-refractivity contribution >= 4 is 11.7 Å². The van der Waals surface area contributed by atoms with Crippen molar-refractivity contribution in [2.75, 3.05) is 11.4 Å². The molecule has 0 aliphatic heterocycles. The Labute approximate surface area is 123 Å². The van der Waals surface area contributed by atoms with Crippen LogP contribution in [0, 0.1) is 19.7 Å². The van der Waals surface area contributed by atoms with Gasteiger partial charge < -0.3 is 10.0 Å². The third-order valence-electron chi connectivity index (χ3n) is 3.39. The maximum Gasteiger partial charge on any atom is 0.323 e. The van der Waals surface area contributed by atoms with E-state index in [1.165, 1.54) is 12.1 Å². The van der Waals surface area contributed by atoms with Gasteiger partial charge in [0.2, 0.25) is 0 Å². The molecule has 2 rings (SSSR count). The molecular weight excluding hydrogens is 269 g/mol. The number of carbonyl (C=O) groups is 1. The molecule has 0 saturated heterocycles. The molecule has 0 fully saturated rings. The van der Waals surface area contributed by atoms with E-state index >= 15 is 0 Å². The molecule has 3 nitrogen and oxygen atoms in total. The Kier molecular flexibility index (Phi) is 4.58. The number of carboxylic acids is 1. The standard InChI is InChI=1S/C17H18FNO2/c1-12-3-7-16(8-4-12)19(11-17(20)21)10-14-5-6-15(18)9-13(14)2/h3-9H,10-11H2,1-2H3,(H,20,21). The second-order valence-electron chi connectivity index (χ2n) is 5.16. The maximum absolute atomic E-state index is 13.2. The van der Waals surface area contributed by atoms with Crippen molar-refractivity contribution in [2.24, 2.45) is 0 Å². The van der Waals surface area contributed by atoms with Gasteiger partial charge in [-0.1, -0.05) is 23.8 Å². The lowest BCUT2D eigenvalue weighted by Gasteiger charge is -2.24. The highest BCUT2D eigenvalue weighted by atomic mass is 19.1. The van der Waals surface area contributed by atoms with E-state index in [1.807, 2.05) is 38.1 Å². The summed E-state index contributed by atoms with van der Waals surface area (Å²) in [5, 5.41) is 9.09. The zero-order valence-electron chi connectivity index (χ0n) is 12.1. The number of nitrogens with zero attached hydrogens (tertiary/aromatic N) is 1. The van der Waals surface area contributed by atoms with E-state index in [4.69, 9.17) is 5.11 Å². The normalized spacial score (nSPS) is 10.4. The van der Waals surface area contributed by atoms with Gasteiger partial charge in [0.25, 0.3) is 0 Å². The largest absolute Gasteiger partial charge is 0.480 e. The van der Waals surface area contributed by atoms with Gasteiger partial charge in [-0.05, 0) is 49.2 Å². The van der Waals surface area contributed by atoms with Crippen molar-refractivity contribution in [2.45, 2.75) is 20.4 Å². The van der Waals surface area contributed by atoms with Crippen molar-refractivity contribution in [3.8, 4) is 0 Å². The van der Waals surface area contributed by atoms with E-state index in [0.29, 0.717) is 6.54 Å². The van der Waals surface area contributed by atoms with Gasteiger partial charge in [0.1, 0.15) is 12.4 Å². The van der Waals surface area contributed by atoms with E-state index in [1.54, 1.807) is 11.0 Å². The van der Waals surface area contributed by atoms with Crippen LogP contribution in [0.4, 0.5) is 10.1 Å². The molecule has 0 aliphatic rings. The lowest BCUT2D eigenvalue weighted by atomic mass is 10.1. The monoisotopic (exact) mass is 287 g/mol. The van der Waals surface area contributed by atoms with Gasteiger partial charge >= 0.3 is 5.97 Å². The van der Waals surface area contributed by atoms with E-state index < -0.39 is 5.97 Å². The first-order chi connectivity index (χ1) is 9.95. The van der Waals surface area contributed by atoms with Gasteiger partial charge in [-0.2, -0.15) is 0 Å². The van der Waals surface area contributed by atoms with Crippen LogP contribution < -0.4 is 4.90 Å². The molecule has 0 aliphatic carbocycles. The summed E-state index contributed by atoms with van der Waals surface area (Å²) in [6.45, 7) is 4.14. The SMILES string of the molecule is Cc1ccc(N(CC(=O)O)Cc2ccc(F)cc2C)cc1. The summed E-state index contributed by atoms with van der Waals surface area (Å²) < 4.78 is 13.2. The topological polar surface area (TPSA) is 40.5 Å². The highest BCUT2D eigenvalue weighted by molar-refractivity contribution is 5.73. The summed E-state index contributed by atoms with van der Waals surface area (Å²) in [5.41, 5.74) is 3.69. The lowest BCUT2D eigenvalue weighted by Crippen LogP contribution is -2.29. The average Bonchev–Trinajstić information content (AvgIpc) is 2.41. The number of carboxylic acid groups (broad SMARTS) is 1. The fraction of sp³-hybridized carbons (Fsp3) is 0.235. The molecule has 0 heterocycles. The number of rotatable bonds is 5. The number of benzene rings is 2. The molecule has 0 aromatic heterocycles. The average molecular weight is 287 g/mol. The zero-order valence-corrected chi connectivity index (χ0v) is 12.1. The Morgan fingerprint density at radius 1 is 1.14 bits per heavy atom. The highest BCUT2D eigenvalue weighted by Gasteiger charge is 2.13. The summed E-state index contributed by atoms with van der Waals surface area (Å²) >= 11 is 0. The van der Waals surface area contributed by atoms with Crippen molar-refractivity contribution in [1.29, 1.82) is 0 Å². The molecule has 21 heavy (non-hydrogen) atoms. The number of halogens is 1. The Morgan fingerprint density at radius 2 is 1.81 bits per heavy atom. The first kappa shape index (κ1) is 15.0. The van der Waals surface area contributed by atoms with E-state index in [0.717, 1.165) is 22.4 Å². The minimum atomic E-state index is -0.893. The molecule has 1 N–H and O–H groups in total. The van der Waals surface area contributed by atoms with Crippen LogP contribution in [0.1, 0.15) is 16.7 Å². The van der Waals surface area contributed by atoms with E-state index in [2.05, 4.69) is 0 Å². The molecule has 110 valence electrons. The van der Waals surface area contributed by atoms with Crippen molar-refractivity contribution in [3.63, 3.8) is 0 Å². The number of anilines is 1. The Bertz CT molecular complexity index is 638. The maximum atomic E-state index is 13.2. The van der Waals surface area contributed by atoms with Crippen LogP contribution in [0.25, 0.3) is 0 Å². The van der Waals surface area contributed by atoms with Gasteiger partial charge in [-0.15, -0.1) is 0 Å². The Balaban J connectivity index is 2.27. The molecule has 0 saturated carbocycles. The number of aliphatic carboxylic acids is 1. The van der Waals surface area contributed by atoms with Crippen LogP contribution in [-0.4, -0.2) is 17.6 Å². The smallest absolute Gasteiger partial charge is 0.323 e. The summed E-state index contributed by atoms with van der Waals surface area (Å²) in [5.74, 6) is -1.17. The third-order valence-corrected chi connectivity index (χ3v) is 3.39. The van der Waals surface area contributed by atoms with Crippen LogP contribution in [0.5, 0.6) is 0 Å². The third kappa shape index (κ3) is 4.05. The van der Waals surface area contributed by atoms with Crippen LogP contribution in [0.15, 0.2) is 42.5 Å². The molecule has 0 spiro atoms.